The van der Waals surface area contributed by atoms with Crippen molar-refractivity contribution >= 4 is 34.9 Å². The van der Waals surface area contributed by atoms with Crippen molar-refractivity contribution in [3.05, 3.63) is 54.2 Å². The van der Waals surface area contributed by atoms with Crippen LogP contribution in [0.2, 0.25) is 0 Å². The van der Waals surface area contributed by atoms with Crippen LogP contribution >= 0.6 is 12.4 Å². The van der Waals surface area contributed by atoms with Gasteiger partial charge in [0.2, 0.25) is 5.91 Å². The normalized spacial score (nSPS) is 11.8. The van der Waals surface area contributed by atoms with Gasteiger partial charge in [0.05, 0.1) is 23.4 Å². The lowest BCUT2D eigenvalue weighted by Crippen LogP contribution is -2.32. The van der Waals surface area contributed by atoms with Gasteiger partial charge >= 0.3 is 0 Å². The summed E-state index contributed by atoms with van der Waals surface area (Å²) in [5, 5.41) is 8.26. The molecule has 1 aromatic heterocycles. The molecule has 120 valence electrons. The second-order valence-corrected chi connectivity index (χ2v) is 5.45. The first kappa shape index (κ1) is 17.0. The number of nitrogens with two attached hydrogens (primary N) is 1. The summed E-state index contributed by atoms with van der Waals surface area (Å²) >= 11 is 0. The van der Waals surface area contributed by atoms with E-state index in [0.717, 1.165) is 16.6 Å². The standard InChI is InChI=1S/C17H18N4O.ClH/c1-11-4-3-5-15(8-11)21-16-9-14(20-17(22)12(2)18)7-6-13(16)10-19-21;/h3-10,12H,18H2,1-2H3,(H,20,22);1H/t12-;/m0./s1. The van der Waals surface area contributed by atoms with Gasteiger partial charge in [-0.1, -0.05) is 12.1 Å². The van der Waals surface area contributed by atoms with Gasteiger partial charge in [0.25, 0.3) is 0 Å². The minimum atomic E-state index is -0.544. The molecule has 0 saturated heterocycles. The summed E-state index contributed by atoms with van der Waals surface area (Å²) in [5.41, 5.74) is 9.40. The van der Waals surface area contributed by atoms with Gasteiger partial charge in [-0.2, -0.15) is 5.10 Å². The first-order valence-electron chi connectivity index (χ1n) is 7.16. The summed E-state index contributed by atoms with van der Waals surface area (Å²) in [6, 6.07) is 13.3. The predicted octanol–water partition coefficient (Wildman–Crippen LogP) is 3.04. The van der Waals surface area contributed by atoms with Crippen LogP contribution in [0.1, 0.15) is 12.5 Å². The number of halogens is 1. The Bertz CT molecular complexity index is 841. The number of rotatable bonds is 3. The SMILES string of the molecule is Cc1cccc(-n2ncc3ccc(NC(=O)[C@H](C)N)cc32)c1.Cl. The van der Waals surface area contributed by atoms with E-state index in [0.29, 0.717) is 5.69 Å². The average Bonchev–Trinajstić information content (AvgIpc) is 2.90. The molecule has 3 N–H and O–H groups in total. The van der Waals surface area contributed by atoms with Gasteiger partial charge in [0.1, 0.15) is 0 Å². The third-order valence-electron chi connectivity index (χ3n) is 3.50. The van der Waals surface area contributed by atoms with Crippen LogP contribution < -0.4 is 11.1 Å². The molecule has 0 fully saturated rings. The summed E-state index contributed by atoms with van der Waals surface area (Å²) in [4.78, 5) is 11.7. The number of anilines is 1. The molecule has 6 heteroatoms. The molecule has 0 aliphatic carbocycles. The lowest BCUT2D eigenvalue weighted by Gasteiger charge is -2.09. The molecule has 0 saturated carbocycles. The third kappa shape index (κ3) is 3.52. The topological polar surface area (TPSA) is 72.9 Å². The van der Waals surface area contributed by atoms with Crippen molar-refractivity contribution in [2.75, 3.05) is 5.32 Å². The molecular weight excluding hydrogens is 312 g/mol. The number of benzene rings is 2. The first-order valence-corrected chi connectivity index (χ1v) is 7.16. The molecule has 0 radical (unpaired) electrons. The second kappa shape index (κ2) is 6.81. The molecule has 0 spiro atoms. The molecule has 5 nitrogen and oxygen atoms in total. The zero-order valence-corrected chi connectivity index (χ0v) is 13.8. The van der Waals surface area contributed by atoms with E-state index in [2.05, 4.69) is 16.5 Å². The Morgan fingerprint density at radius 1 is 1.26 bits per heavy atom. The summed E-state index contributed by atoms with van der Waals surface area (Å²) in [6.45, 7) is 3.70. The molecule has 0 unspecified atom stereocenters. The highest BCUT2D eigenvalue weighted by Crippen LogP contribution is 2.22. The fourth-order valence-corrected chi connectivity index (χ4v) is 2.32. The number of aromatic nitrogens is 2. The number of carbonyl (C=O) groups is 1. The van der Waals surface area contributed by atoms with E-state index in [1.54, 1.807) is 6.92 Å². The van der Waals surface area contributed by atoms with Crippen molar-refractivity contribution < 1.29 is 4.79 Å². The number of hydrogen-bond donors (Lipinski definition) is 2. The van der Waals surface area contributed by atoms with Crippen LogP contribution in [0.4, 0.5) is 5.69 Å². The molecular formula is C17H19ClN4O. The number of fused-ring (bicyclic) bond motifs is 1. The van der Waals surface area contributed by atoms with E-state index in [-0.39, 0.29) is 18.3 Å². The smallest absolute Gasteiger partial charge is 0.240 e. The lowest BCUT2D eigenvalue weighted by molar-refractivity contribution is -0.117. The Hall–Kier alpha value is -2.37. The van der Waals surface area contributed by atoms with Crippen molar-refractivity contribution in [1.82, 2.24) is 9.78 Å². The minimum absolute atomic E-state index is 0. The molecule has 3 rings (SSSR count). The zero-order chi connectivity index (χ0) is 15.7. The molecule has 3 aromatic rings. The van der Waals surface area contributed by atoms with Gasteiger partial charge < -0.3 is 11.1 Å². The number of nitrogens with one attached hydrogen (secondary N) is 1. The van der Waals surface area contributed by atoms with E-state index in [4.69, 9.17) is 5.73 Å². The summed E-state index contributed by atoms with van der Waals surface area (Å²) in [5.74, 6) is -0.207. The van der Waals surface area contributed by atoms with E-state index in [9.17, 15) is 4.79 Å². The highest BCUT2D eigenvalue weighted by Gasteiger charge is 2.10. The van der Waals surface area contributed by atoms with Gasteiger partial charge in [-0.25, -0.2) is 4.68 Å². The number of hydrogen-bond acceptors (Lipinski definition) is 3. The van der Waals surface area contributed by atoms with Gasteiger partial charge in [0.15, 0.2) is 0 Å². The molecule has 2 aromatic carbocycles. The fraction of sp³-hybridized carbons (Fsp3) is 0.176. The monoisotopic (exact) mass is 330 g/mol. The Morgan fingerprint density at radius 3 is 2.74 bits per heavy atom. The zero-order valence-electron chi connectivity index (χ0n) is 13.0. The second-order valence-electron chi connectivity index (χ2n) is 5.45. The largest absolute Gasteiger partial charge is 0.325 e. The number of amides is 1. The van der Waals surface area contributed by atoms with Crippen LogP contribution in [0, 0.1) is 6.92 Å². The Morgan fingerprint density at radius 2 is 2.04 bits per heavy atom. The molecule has 0 aliphatic heterocycles. The van der Waals surface area contributed by atoms with Crippen LogP contribution in [0.25, 0.3) is 16.6 Å². The average molecular weight is 331 g/mol. The van der Waals surface area contributed by atoms with Crippen LogP contribution in [0.5, 0.6) is 0 Å². The van der Waals surface area contributed by atoms with Crippen molar-refractivity contribution in [2.45, 2.75) is 19.9 Å². The van der Waals surface area contributed by atoms with Crippen LogP contribution in [0.3, 0.4) is 0 Å². The van der Waals surface area contributed by atoms with Crippen molar-refractivity contribution in [2.24, 2.45) is 5.73 Å². The van der Waals surface area contributed by atoms with E-state index in [1.807, 2.05) is 54.2 Å². The Kier molecular flexibility index (Phi) is 5.03. The fourth-order valence-electron chi connectivity index (χ4n) is 2.32. The van der Waals surface area contributed by atoms with Crippen molar-refractivity contribution in [3.8, 4) is 5.69 Å². The van der Waals surface area contributed by atoms with Gasteiger partial charge in [-0.15, -0.1) is 12.4 Å². The molecule has 0 aliphatic rings. The van der Waals surface area contributed by atoms with Crippen LogP contribution in [0.15, 0.2) is 48.7 Å². The highest BCUT2D eigenvalue weighted by molar-refractivity contribution is 5.96. The maximum atomic E-state index is 11.7. The molecule has 1 heterocycles. The van der Waals surface area contributed by atoms with E-state index < -0.39 is 6.04 Å². The molecule has 23 heavy (non-hydrogen) atoms. The number of nitrogens with zero attached hydrogens (tertiary/aromatic N) is 2. The van der Waals surface area contributed by atoms with E-state index in [1.165, 1.54) is 5.56 Å². The highest BCUT2D eigenvalue weighted by atomic mass is 35.5. The molecule has 1 amide bonds. The molecule has 1 atom stereocenters. The summed E-state index contributed by atoms with van der Waals surface area (Å²) < 4.78 is 1.86. The van der Waals surface area contributed by atoms with Crippen LogP contribution in [-0.2, 0) is 4.79 Å². The Balaban J connectivity index is 0.00000192. The third-order valence-corrected chi connectivity index (χ3v) is 3.50. The minimum Gasteiger partial charge on any atom is -0.325 e. The van der Waals surface area contributed by atoms with Gasteiger partial charge in [0, 0.05) is 11.1 Å². The van der Waals surface area contributed by atoms with Gasteiger partial charge in [-0.05, 0) is 49.7 Å². The van der Waals surface area contributed by atoms with Crippen LogP contribution in [-0.4, -0.2) is 21.7 Å². The molecule has 0 bridgehead atoms. The predicted molar refractivity (Wildman–Crippen MR) is 95.3 cm³/mol. The number of aryl methyl sites for hydroxylation is 1. The summed E-state index contributed by atoms with van der Waals surface area (Å²) in [7, 11) is 0. The Labute approximate surface area is 140 Å². The lowest BCUT2D eigenvalue weighted by atomic mass is 10.2. The first-order chi connectivity index (χ1) is 10.5. The summed E-state index contributed by atoms with van der Waals surface area (Å²) in [6.07, 6.45) is 1.81. The maximum absolute atomic E-state index is 11.7. The van der Waals surface area contributed by atoms with Gasteiger partial charge in [-0.3, -0.25) is 4.79 Å². The van der Waals surface area contributed by atoms with Crippen molar-refractivity contribution in [3.63, 3.8) is 0 Å². The van der Waals surface area contributed by atoms with Crippen molar-refractivity contribution in [1.29, 1.82) is 0 Å². The maximum Gasteiger partial charge on any atom is 0.240 e. The number of carbonyl (C=O) groups excluding carboxylic acids is 1. The quantitative estimate of drug-likeness (QED) is 0.775. The van der Waals surface area contributed by atoms with E-state index >= 15 is 0 Å².